The average Bonchev–Trinajstić information content (AvgIpc) is 3.36. The van der Waals surface area contributed by atoms with Crippen molar-refractivity contribution in [2.45, 2.75) is 329 Å². The zero-order chi connectivity index (χ0) is 51.3. The molecule has 1 rings (SSSR count). The second-order valence-electron chi connectivity index (χ2n) is 21.8. The van der Waals surface area contributed by atoms with Crippen molar-refractivity contribution in [1.29, 1.82) is 0 Å². The number of ether oxygens (including phenoxy) is 3. The van der Waals surface area contributed by atoms with Crippen molar-refractivity contribution in [3.8, 4) is 17.2 Å². The number of benzene rings is 1. The van der Waals surface area contributed by atoms with Crippen LogP contribution in [0.15, 0.2) is 12.1 Å². The molecule has 0 aliphatic rings. The highest BCUT2D eigenvalue weighted by Gasteiger charge is 2.22. The van der Waals surface area contributed by atoms with Crippen molar-refractivity contribution in [1.82, 2.24) is 4.90 Å². The molecule has 0 aliphatic carbocycles. The molecule has 0 saturated carbocycles. The van der Waals surface area contributed by atoms with Gasteiger partial charge in [0, 0.05) is 12.6 Å². The number of carboxylic acids is 1. The van der Waals surface area contributed by atoms with Crippen molar-refractivity contribution >= 4 is 11.9 Å². The number of nitrogens with zero attached hydrogens (tertiary/aromatic N) is 1. The fraction of sp³-hybridized carbons (Fsp3) is 0.875. The van der Waals surface area contributed by atoms with Crippen molar-refractivity contribution in [3.63, 3.8) is 0 Å². The number of carbonyl (C=O) groups excluding carboxylic acids is 1. The number of unbranched alkanes of at least 4 members (excludes halogenated alkanes) is 45. The van der Waals surface area contributed by atoms with E-state index in [-0.39, 0.29) is 12.5 Å². The van der Waals surface area contributed by atoms with E-state index in [1.54, 1.807) is 12.1 Å². The summed E-state index contributed by atoms with van der Waals surface area (Å²) in [6.45, 7) is 8.13. The lowest BCUT2D eigenvalue weighted by molar-refractivity contribution is -0.137. The number of hydrogen-bond acceptors (Lipinski definition) is 5. The second-order valence-corrected chi connectivity index (χ2v) is 21.8. The minimum atomic E-state index is -1.04. The van der Waals surface area contributed by atoms with Gasteiger partial charge in [0.2, 0.25) is 5.75 Å². The quantitative estimate of drug-likeness (QED) is 0.0655. The lowest BCUT2D eigenvalue weighted by atomic mass is 10.0. The maximum Gasteiger partial charge on any atom is 0.323 e. The van der Waals surface area contributed by atoms with E-state index in [0.717, 1.165) is 38.5 Å². The van der Waals surface area contributed by atoms with Crippen LogP contribution in [0, 0.1) is 0 Å². The molecule has 0 fully saturated rings. The lowest BCUT2D eigenvalue weighted by Crippen LogP contribution is -2.32. The Balaban J connectivity index is 2.69. The van der Waals surface area contributed by atoms with Gasteiger partial charge in [0.25, 0.3) is 5.91 Å². The van der Waals surface area contributed by atoms with Gasteiger partial charge < -0.3 is 24.2 Å². The predicted octanol–water partition coefficient (Wildman–Crippen LogP) is 20.8. The van der Waals surface area contributed by atoms with Crippen LogP contribution in [-0.4, -0.2) is 55.3 Å². The number of aliphatic carboxylic acids is 1. The largest absolute Gasteiger partial charge is 0.490 e. The minimum absolute atomic E-state index is 0.365. The molecule has 0 saturated heterocycles. The van der Waals surface area contributed by atoms with E-state index < -0.39 is 5.97 Å². The second kappa shape index (κ2) is 52.4. The predicted molar refractivity (Wildman–Crippen MR) is 306 cm³/mol. The molecule has 0 unspecified atom stereocenters. The van der Waals surface area contributed by atoms with Crippen LogP contribution >= 0.6 is 0 Å². The lowest BCUT2D eigenvalue weighted by Gasteiger charge is -2.20. The molecular weight excluding hydrogens is 879 g/mol. The Morgan fingerprint density at radius 2 is 0.563 bits per heavy atom. The molecule has 0 aromatic heterocycles. The maximum absolute atomic E-state index is 13.6. The Hall–Kier alpha value is -2.44. The molecule has 7 heteroatoms. The van der Waals surface area contributed by atoms with Crippen molar-refractivity contribution in [3.05, 3.63) is 17.7 Å². The number of hydrogen-bond donors (Lipinski definition) is 1. The molecule has 0 aliphatic heterocycles. The van der Waals surface area contributed by atoms with Gasteiger partial charge in [-0.05, 0) is 31.4 Å². The monoisotopic (exact) mass is 998 g/mol. The van der Waals surface area contributed by atoms with E-state index in [2.05, 4.69) is 20.8 Å². The summed E-state index contributed by atoms with van der Waals surface area (Å²) >= 11 is 0. The molecule has 0 radical (unpaired) electrons. The molecule has 0 atom stereocenters. The summed E-state index contributed by atoms with van der Waals surface area (Å²) in [4.78, 5) is 26.4. The van der Waals surface area contributed by atoms with Crippen LogP contribution in [0.5, 0.6) is 17.2 Å². The summed E-state index contributed by atoms with van der Waals surface area (Å²) < 4.78 is 19.5. The van der Waals surface area contributed by atoms with Crippen LogP contribution in [0.3, 0.4) is 0 Å². The van der Waals surface area contributed by atoms with Gasteiger partial charge in [0.15, 0.2) is 11.5 Å². The van der Waals surface area contributed by atoms with Crippen LogP contribution < -0.4 is 14.2 Å². The van der Waals surface area contributed by atoms with Gasteiger partial charge in [-0.25, -0.2) is 0 Å². The van der Waals surface area contributed by atoms with Gasteiger partial charge in [0.05, 0.1) is 19.8 Å². The molecule has 71 heavy (non-hydrogen) atoms. The summed E-state index contributed by atoms with van der Waals surface area (Å²) in [5, 5.41) is 9.47. The van der Waals surface area contributed by atoms with E-state index in [9.17, 15) is 14.7 Å². The number of carbonyl (C=O) groups is 2. The average molecular weight is 999 g/mol. The first kappa shape index (κ1) is 66.6. The third kappa shape index (κ3) is 42.6. The van der Waals surface area contributed by atoms with E-state index in [4.69, 9.17) is 14.2 Å². The first-order valence-corrected chi connectivity index (χ1v) is 31.5. The molecule has 1 N–H and O–H groups in total. The van der Waals surface area contributed by atoms with Gasteiger partial charge in [-0.15, -0.1) is 0 Å². The van der Waals surface area contributed by atoms with Gasteiger partial charge in [-0.3, -0.25) is 9.59 Å². The Kier molecular flexibility index (Phi) is 49.2. The highest BCUT2D eigenvalue weighted by atomic mass is 16.5. The zero-order valence-electron chi connectivity index (χ0n) is 47.9. The van der Waals surface area contributed by atoms with Gasteiger partial charge in [-0.2, -0.15) is 0 Å². The number of carboxylic acid groups (broad SMARTS) is 1. The topological polar surface area (TPSA) is 85.3 Å². The molecule has 416 valence electrons. The zero-order valence-corrected chi connectivity index (χ0v) is 47.9. The Morgan fingerprint density at radius 1 is 0.352 bits per heavy atom. The van der Waals surface area contributed by atoms with E-state index in [1.807, 2.05) is 0 Å². The molecular formula is C64H119NO6. The Labute approximate surface area is 441 Å². The highest BCUT2D eigenvalue weighted by Crippen LogP contribution is 2.40. The fourth-order valence-corrected chi connectivity index (χ4v) is 10.0. The molecule has 1 aromatic rings. The van der Waals surface area contributed by atoms with E-state index >= 15 is 0 Å². The van der Waals surface area contributed by atoms with Crippen molar-refractivity contribution in [2.75, 3.05) is 33.4 Å². The van der Waals surface area contributed by atoms with Crippen LogP contribution in [0.4, 0.5) is 0 Å². The van der Waals surface area contributed by atoms with Crippen LogP contribution in [0.25, 0.3) is 0 Å². The fourth-order valence-electron chi connectivity index (χ4n) is 10.0. The Bertz CT molecular complexity index is 1240. The molecule has 0 spiro atoms. The van der Waals surface area contributed by atoms with Gasteiger partial charge in [-0.1, -0.05) is 310 Å². The molecule has 1 amide bonds. The van der Waals surface area contributed by atoms with Crippen molar-refractivity contribution in [2.24, 2.45) is 0 Å². The minimum Gasteiger partial charge on any atom is -0.490 e. The summed E-state index contributed by atoms with van der Waals surface area (Å²) in [6.07, 6.45) is 63.4. The maximum atomic E-state index is 13.6. The van der Waals surface area contributed by atoms with E-state index in [1.165, 1.54) is 282 Å². The van der Waals surface area contributed by atoms with Gasteiger partial charge in [0.1, 0.15) is 6.54 Å². The molecule has 0 bridgehead atoms. The summed E-state index contributed by atoms with van der Waals surface area (Å²) in [5.74, 6) is 0.227. The standard InChI is InChI=1S/C64H119NO6/c1-5-8-11-14-17-20-23-26-29-32-35-38-41-44-47-50-53-69-60-56-59(64(68)65(4)58-62(66)67)57-61(70-54-51-48-45-42-39-36-33-30-27-24-21-18-15-12-9-6-2)63(60)71-55-52-49-46-43-40-37-34-31-28-25-22-19-16-13-10-7-3/h56-57H,5-55,58H2,1-4H3,(H,66,67). The van der Waals surface area contributed by atoms with E-state index in [0.29, 0.717) is 42.6 Å². The smallest absolute Gasteiger partial charge is 0.323 e. The molecule has 0 heterocycles. The first-order chi connectivity index (χ1) is 34.9. The third-order valence-electron chi connectivity index (χ3n) is 14.7. The number of rotatable bonds is 57. The Morgan fingerprint density at radius 3 is 0.789 bits per heavy atom. The summed E-state index contributed by atoms with van der Waals surface area (Å²) in [5.41, 5.74) is 0.368. The summed E-state index contributed by atoms with van der Waals surface area (Å²) in [7, 11) is 1.53. The van der Waals surface area contributed by atoms with Crippen LogP contribution in [0.2, 0.25) is 0 Å². The highest BCUT2D eigenvalue weighted by molar-refractivity contribution is 5.97. The molecule has 1 aromatic carbocycles. The normalized spacial score (nSPS) is 11.4. The van der Waals surface area contributed by atoms with Gasteiger partial charge >= 0.3 is 5.97 Å². The number of likely N-dealkylation sites (N-methyl/N-ethyl adjacent to an activating group) is 1. The number of amides is 1. The SMILES string of the molecule is CCCCCCCCCCCCCCCCCCOc1cc(C(=O)N(C)CC(=O)O)cc(OCCCCCCCCCCCCCCCCCC)c1OCCCCCCCCCCCCCCCCCC. The van der Waals surface area contributed by atoms with Crippen molar-refractivity contribution < 1.29 is 28.9 Å². The van der Waals surface area contributed by atoms with Crippen LogP contribution in [-0.2, 0) is 4.79 Å². The summed E-state index contributed by atoms with van der Waals surface area (Å²) in [6, 6.07) is 3.50. The molecule has 7 nitrogen and oxygen atoms in total. The van der Waals surface area contributed by atoms with Crippen LogP contribution in [0.1, 0.15) is 339 Å². The third-order valence-corrected chi connectivity index (χ3v) is 14.7. The first-order valence-electron chi connectivity index (χ1n) is 31.5.